The van der Waals surface area contributed by atoms with Gasteiger partial charge in [-0.15, -0.1) is 11.3 Å². The van der Waals surface area contributed by atoms with Crippen molar-refractivity contribution in [3.63, 3.8) is 0 Å². The summed E-state index contributed by atoms with van der Waals surface area (Å²) < 4.78 is 0. The fraction of sp³-hybridized carbons (Fsp3) is 0.167. The lowest BCUT2D eigenvalue weighted by Gasteiger charge is -1.97. The highest BCUT2D eigenvalue weighted by Gasteiger charge is 2.19. The molecular formula is C6H6N4S2. The fourth-order valence-corrected chi connectivity index (χ4v) is 2.30. The highest BCUT2D eigenvalue weighted by atomic mass is 32.2. The number of nitrogens with zero attached hydrogens (tertiary/aromatic N) is 2. The number of nitrogen functional groups attached to an aromatic ring is 1. The van der Waals surface area contributed by atoms with Gasteiger partial charge in [-0.05, 0) is 0 Å². The summed E-state index contributed by atoms with van der Waals surface area (Å²) in [6.07, 6.45) is 1.72. The number of aliphatic imine (C=N–C) groups is 1. The lowest BCUT2D eigenvalue weighted by atomic mass is 10.3. The summed E-state index contributed by atoms with van der Waals surface area (Å²) in [7, 11) is 0. The quantitative estimate of drug-likeness (QED) is 0.718. The number of thioether (sulfide) groups is 1. The highest BCUT2D eigenvalue weighted by molar-refractivity contribution is 8.14. The molecule has 4 nitrogen and oxygen atoms in total. The number of rotatable bonds is 1. The Labute approximate surface area is 77.4 Å². The van der Waals surface area contributed by atoms with Crippen LogP contribution in [0.4, 0.5) is 5.13 Å². The maximum Gasteiger partial charge on any atom is 0.180 e. The number of thiazole rings is 1. The molecule has 1 aliphatic heterocycles. The first kappa shape index (κ1) is 7.75. The number of hydrogen-bond acceptors (Lipinski definition) is 5. The van der Waals surface area contributed by atoms with Crippen LogP contribution in [0.15, 0.2) is 10.4 Å². The van der Waals surface area contributed by atoms with Gasteiger partial charge in [0, 0.05) is 11.6 Å². The number of nitrogens with two attached hydrogens (primary N) is 1. The smallest absolute Gasteiger partial charge is 0.180 e. The standard InChI is InChI=1S/C6H6N4S2/c7-5-9-1-4(12-5)3-2-11-6(8)10-3/h1-2,4,7H,(H2,8,10). The van der Waals surface area contributed by atoms with Crippen LogP contribution in [0.1, 0.15) is 10.9 Å². The van der Waals surface area contributed by atoms with Gasteiger partial charge >= 0.3 is 0 Å². The number of anilines is 1. The molecule has 12 heavy (non-hydrogen) atoms. The van der Waals surface area contributed by atoms with Gasteiger partial charge in [-0.2, -0.15) is 0 Å². The first-order valence-corrected chi connectivity index (χ1v) is 5.02. The third-order valence-electron chi connectivity index (χ3n) is 1.40. The summed E-state index contributed by atoms with van der Waals surface area (Å²) in [4.78, 5) is 7.96. The molecule has 1 aromatic heterocycles. The first-order valence-electron chi connectivity index (χ1n) is 3.26. The molecule has 0 saturated heterocycles. The SMILES string of the molecule is N=C1N=CC(c2csc(N)n2)S1. The van der Waals surface area contributed by atoms with E-state index in [0.29, 0.717) is 10.3 Å². The van der Waals surface area contributed by atoms with Gasteiger partial charge in [0.25, 0.3) is 0 Å². The van der Waals surface area contributed by atoms with Gasteiger partial charge in [-0.3, -0.25) is 5.41 Å². The predicted molar refractivity (Wildman–Crippen MR) is 53.1 cm³/mol. The molecule has 1 aromatic rings. The minimum absolute atomic E-state index is 0.0889. The Morgan fingerprint density at radius 2 is 2.42 bits per heavy atom. The van der Waals surface area contributed by atoms with Gasteiger partial charge in [-0.1, -0.05) is 11.8 Å². The summed E-state index contributed by atoms with van der Waals surface area (Å²) >= 11 is 2.80. The van der Waals surface area contributed by atoms with Gasteiger partial charge in [0.15, 0.2) is 10.3 Å². The summed E-state index contributed by atoms with van der Waals surface area (Å²) in [5.41, 5.74) is 6.38. The van der Waals surface area contributed by atoms with Crippen LogP contribution in [-0.2, 0) is 0 Å². The van der Waals surface area contributed by atoms with Crippen LogP contribution in [0, 0.1) is 5.41 Å². The molecule has 0 radical (unpaired) electrons. The van der Waals surface area contributed by atoms with E-state index in [1.54, 1.807) is 6.21 Å². The average Bonchev–Trinajstić information content (AvgIpc) is 2.58. The lowest BCUT2D eigenvalue weighted by Crippen LogP contribution is -1.92. The van der Waals surface area contributed by atoms with Crippen molar-refractivity contribution in [2.24, 2.45) is 4.99 Å². The highest BCUT2D eigenvalue weighted by Crippen LogP contribution is 2.33. The largest absolute Gasteiger partial charge is 0.375 e. The zero-order chi connectivity index (χ0) is 8.55. The third kappa shape index (κ3) is 1.35. The summed E-state index contributed by atoms with van der Waals surface area (Å²) in [6.45, 7) is 0. The molecule has 0 spiro atoms. The van der Waals surface area contributed by atoms with Crippen LogP contribution in [0.3, 0.4) is 0 Å². The van der Waals surface area contributed by atoms with E-state index < -0.39 is 0 Å². The van der Waals surface area contributed by atoms with Crippen molar-refractivity contribution in [1.82, 2.24) is 4.98 Å². The zero-order valence-electron chi connectivity index (χ0n) is 6.02. The topological polar surface area (TPSA) is 75.1 Å². The Morgan fingerprint density at radius 3 is 2.92 bits per heavy atom. The van der Waals surface area contributed by atoms with Crippen LogP contribution in [0.5, 0.6) is 0 Å². The fourth-order valence-electron chi connectivity index (χ4n) is 0.885. The maximum atomic E-state index is 7.24. The van der Waals surface area contributed by atoms with Crippen molar-refractivity contribution in [3.8, 4) is 0 Å². The van der Waals surface area contributed by atoms with Crippen LogP contribution in [0.2, 0.25) is 0 Å². The number of hydrogen-bond donors (Lipinski definition) is 2. The minimum Gasteiger partial charge on any atom is -0.375 e. The Kier molecular flexibility index (Phi) is 1.86. The molecule has 2 heterocycles. The van der Waals surface area contributed by atoms with E-state index in [9.17, 15) is 0 Å². The molecule has 1 aliphatic rings. The molecule has 0 bridgehead atoms. The molecule has 0 amide bonds. The molecule has 1 atom stereocenters. The van der Waals surface area contributed by atoms with Crippen molar-refractivity contribution >= 4 is 39.6 Å². The van der Waals surface area contributed by atoms with Crippen LogP contribution >= 0.6 is 23.1 Å². The summed E-state index contributed by atoms with van der Waals surface area (Å²) in [6, 6.07) is 0. The van der Waals surface area contributed by atoms with Crippen LogP contribution in [0.25, 0.3) is 0 Å². The second-order valence-corrected chi connectivity index (χ2v) is 4.25. The van der Waals surface area contributed by atoms with Gasteiger partial charge < -0.3 is 5.73 Å². The molecule has 0 aromatic carbocycles. The monoisotopic (exact) mass is 198 g/mol. The Morgan fingerprint density at radius 1 is 1.58 bits per heavy atom. The number of aromatic nitrogens is 1. The van der Waals surface area contributed by atoms with Gasteiger partial charge in [0.05, 0.1) is 10.9 Å². The molecule has 62 valence electrons. The van der Waals surface area contributed by atoms with E-state index in [2.05, 4.69) is 9.98 Å². The van der Waals surface area contributed by atoms with Gasteiger partial charge in [-0.25, -0.2) is 9.98 Å². The van der Waals surface area contributed by atoms with E-state index in [1.165, 1.54) is 23.1 Å². The van der Waals surface area contributed by atoms with E-state index in [4.69, 9.17) is 11.1 Å². The van der Waals surface area contributed by atoms with Crippen molar-refractivity contribution < 1.29 is 0 Å². The second-order valence-electron chi connectivity index (χ2n) is 2.23. The van der Waals surface area contributed by atoms with E-state index >= 15 is 0 Å². The molecule has 0 fully saturated rings. The van der Waals surface area contributed by atoms with E-state index in [0.717, 1.165) is 5.69 Å². The zero-order valence-corrected chi connectivity index (χ0v) is 7.65. The van der Waals surface area contributed by atoms with Crippen molar-refractivity contribution in [2.75, 3.05) is 5.73 Å². The average molecular weight is 198 g/mol. The van der Waals surface area contributed by atoms with E-state index in [-0.39, 0.29) is 5.25 Å². The van der Waals surface area contributed by atoms with Crippen molar-refractivity contribution in [2.45, 2.75) is 5.25 Å². The van der Waals surface area contributed by atoms with Gasteiger partial charge in [0.1, 0.15) is 0 Å². The van der Waals surface area contributed by atoms with Crippen LogP contribution in [-0.4, -0.2) is 16.4 Å². The maximum absolute atomic E-state index is 7.24. The number of nitrogens with one attached hydrogen (secondary N) is 1. The minimum atomic E-state index is 0.0889. The molecule has 2 rings (SSSR count). The predicted octanol–water partition coefficient (Wildman–Crippen LogP) is 1.52. The second kappa shape index (κ2) is 2.87. The molecular weight excluding hydrogens is 192 g/mol. The normalized spacial score (nSPS) is 22.0. The third-order valence-corrected chi connectivity index (χ3v) is 3.03. The Bertz CT molecular complexity index is 343. The molecule has 3 N–H and O–H groups in total. The van der Waals surface area contributed by atoms with Crippen LogP contribution < -0.4 is 5.73 Å². The molecule has 6 heteroatoms. The van der Waals surface area contributed by atoms with E-state index in [1.807, 2.05) is 5.38 Å². The lowest BCUT2D eigenvalue weighted by molar-refractivity contribution is 1.20. The molecule has 0 aliphatic carbocycles. The number of amidine groups is 1. The van der Waals surface area contributed by atoms with Crippen molar-refractivity contribution in [3.05, 3.63) is 11.1 Å². The molecule has 1 unspecified atom stereocenters. The van der Waals surface area contributed by atoms with Crippen molar-refractivity contribution in [1.29, 1.82) is 5.41 Å². The Hall–Kier alpha value is -0.880. The summed E-state index contributed by atoms with van der Waals surface area (Å²) in [5, 5.41) is 10.1. The van der Waals surface area contributed by atoms with Gasteiger partial charge in [0.2, 0.25) is 0 Å². The summed E-state index contributed by atoms with van der Waals surface area (Å²) in [5.74, 6) is 0. The molecule has 0 saturated carbocycles. The Balaban J connectivity index is 2.22. The first-order chi connectivity index (χ1) is 5.75.